The predicted octanol–water partition coefficient (Wildman–Crippen LogP) is 3.04. The van der Waals surface area contributed by atoms with Crippen LogP contribution < -0.4 is 5.32 Å². The number of para-hydroxylation sites is 1. The van der Waals surface area contributed by atoms with Crippen molar-refractivity contribution < 1.29 is 23.5 Å². The number of hydrogen-bond donors (Lipinski definition) is 1. The van der Waals surface area contributed by atoms with E-state index >= 15 is 0 Å². The minimum atomic E-state index is -0.902. The Kier molecular flexibility index (Phi) is 5.62. The maximum absolute atomic E-state index is 12.3. The zero-order valence-electron chi connectivity index (χ0n) is 14.5. The van der Waals surface area contributed by atoms with Crippen LogP contribution >= 0.6 is 0 Å². The number of ether oxygens (including phenoxy) is 2. The quantitative estimate of drug-likeness (QED) is 0.785. The largest absolute Gasteiger partial charge is 0.465 e. The number of fused-ring (bicyclic) bond motifs is 1. The van der Waals surface area contributed by atoms with Crippen molar-refractivity contribution in [1.29, 1.82) is 0 Å². The van der Waals surface area contributed by atoms with Gasteiger partial charge in [-0.15, -0.1) is 0 Å². The van der Waals surface area contributed by atoms with Crippen LogP contribution in [0.1, 0.15) is 43.8 Å². The maximum atomic E-state index is 12.3. The van der Waals surface area contributed by atoms with Crippen LogP contribution in [-0.2, 0) is 20.8 Å². The Labute approximate surface area is 141 Å². The lowest BCUT2D eigenvalue weighted by atomic mass is 10.1. The summed E-state index contributed by atoms with van der Waals surface area (Å²) in [7, 11) is 0. The van der Waals surface area contributed by atoms with Crippen LogP contribution in [0.3, 0.4) is 0 Å². The number of carbonyl (C=O) groups excluding carboxylic acids is 2. The lowest BCUT2D eigenvalue weighted by Gasteiger charge is -2.23. The van der Waals surface area contributed by atoms with Crippen LogP contribution in [0.5, 0.6) is 0 Å². The highest BCUT2D eigenvalue weighted by molar-refractivity contribution is 6.04. The molecule has 0 saturated carbocycles. The normalized spacial score (nSPS) is 11.5. The van der Waals surface area contributed by atoms with Crippen molar-refractivity contribution >= 4 is 22.9 Å². The van der Waals surface area contributed by atoms with Gasteiger partial charge in [0.2, 0.25) is 0 Å². The smallest absolute Gasteiger partial charge is 0.342 e. The number of carbonyl (C=O) groups is 2. The predicted molar refractivity (Wildman–Crippen MR) is 89.7 cm³/mol. The molecule has 0 bridgehead atoms. The molecular weight excluding hydrogens is 310 g/mol. The van der Waals surface area contributed by atoms with Gasteiger partial charge in [-0.3, -0.25) is 10.1 Å². The van der Waals surface area contributed by atoms with E-state index in [2.05, 4.69) is 5.32 Å². The van der Waals surface area contributed by atoms with Gasteiger partial charge >= 0.3 is 11.9 Å². The van der Waals surface area contributed by atoms with E-state index < -0.39 is 11.5 Å². The molecule has 2 rings (SSSR count). The van der Waals surface area contributed by atoms with Crippen molar-refractivity contribution in [2.75, 3.05) is 13.2 Å². The van der Waals surface area contributed by atoms with E-state index in [0.717, 1.165) is 0 Å². The number of furan rings is 1. The summed E-state index contributed by atoms with van der Waals surface area (Å²) in [6, 6.07) is 7.27. The first kappa shape index (κ1) is 18.0. The fourth-order valence-corrected chi connectivity index (χ4v) is 2.33. The number of benzene rings is 1. The van der Waals surface area contributed by atoms with Gasteiger partial charge in [0.15, 0.2) is 0 Å². The van der Waals surface area contributed by atoms with Gasteiger partial charge in [0.25, 0.3) is 0 Å². The van der Waals surface area contributed by atoms with Crippen molar-refractivity contribution in [3.63, 3.8) is 0 Å². The van der Waals surface area contributed by atoms with Crippen LogP contribution in [0.2, 0.25) is 0 Å². The Morgan fingerprint density at radius 3 is 2.46 bits per heavy atom. The molecule has 0 aliphatic carbocycles. The molecule has 0 radical (unpaired) electrons. The van der Waals surface area contributed by atoms with Crippen LogP contribution in [0.4, 0.5) is 0 Å². The highest BCUT2D eigenvalue weighted by Crippen LogP contribution is 2.27. The Morgan fingerprint density at radius 2 is 1.79 bits per heavy atom. The minimum Gasteiger partial charge on any atom is -0.465 e. The molecule has 0 fully saturated rings. The first-order valence-corrected chi connectivity index (χ1v) is 8.00. The standard InChI is InChI=1S/C18H23NO5/c1-5-22-16(20)15-12-9-7-8-10-13(12)24-14(15)11-19-18(3,4)17(21)23-6-2/h7-10,19H,5-6,11H2,1-4H3. The fourth-order valence-electron chi connectivity index (χ4n) is 2.33. The zero-order chi connectivity index (χ0) is 17.7. The summed E-state index contributed by atoms with van der Waals surface area (Å²) < 4.78 is 16.0. The number of hydrogen-bond acceptors (Lipinski definition) is 6. The number of esters is 2. The van der Waals surface area contributed by atoms with Crippen molar-refractivity contribution in [1.82, 2.24) is 5.32 Å². The van der Waals surface area contributed by atoms with Gasteiger partial charge in [-0.1, -0.05) is 18.2 Å². The first-order valence-electron chi connectivity index (χ1n) is 8.00. The monoisotopic (exact) mass is 333 g/mol. The Hall–Kier alpha value is -2.34. The summed E-state index contributed by atoms with van der Waals surface area (Å²) in [5.74, 6) is -0.362. The fraction of sp³-hybridized carbons (Fsp3) is 0.444. The van der Waals surface area contributed by atoms with Crippen LogP contribution in [0.25, 0.3) is 11.0 Å². The lowest BCUT2D eigenvalue weighted by molar-refractivity contribution is -0.149. The second-order valence-electron chi connectivity index (χ2n) is 5.82. The van der Waals surface area contributed by atoms with Crippen molar-refractivity contribution in [2.45, 2.75) is 39.8 Å². The van der Waals surface area contributed by atoms with Gasteiger partial charge in [0, 0.05) is 5.39 Å². The van der Waals surface area contributed by atoms with Gasteiger partial charge in [-0.25, -0.2) is 4.79 Å². The molecule has 24 heavy (non-hydrogen) atoms. The van der Waals surface area contributed by atoms with E-state index in [4.69, 9.17) is 13.9 Å². The molecule has 1 heterocycles. The molecule has 0 unspecified atom stereocenters. The van der Waals surface area contributed by atoms with Crippen molar-refractivity contribution in [2.24, 2.45) is 0 Å². The molecular formula is C18H23NO5. The number of rotatable bonds is 7. The Bertz CT molecular complexity index is 732. The van der Waals surface area contributed by atoms with Gasteiger partial charge in [0.1, 0.15) is 22.4 Å². The van der Waals surface area contributed by atoms with E-state index in [0.29, 0.717) is 28.9 Å². The van der Waals surface area contributed by atoms with Crippen LogP contribution in [-0.4, -0.2) is 30.7 Å². The average molecular weight is 333 g/mol. The van der Waals surface area contributed by atoms with Gasteiger partial charge in [-0.05, 0) is 33.8 Å². The third kappa shape index (κ3) is 3.76. The van der Waals surface area contributed by atoms with E-state index in [1.807, 2.05) is 18.2 Å². The summed E-state index contributed by atoms with van der Waals surface area (Å²) in [4.78, 5) is 24.3. The minimum absolute atomic E-state index is 0.203. The molecule has 1 N–H and O–H groups in total. The summed E-state index contributed by atoms with van der Waals surface area (Å²) >= 11 is 0. The second kappa shape index (κ2) is 7.49. The highest BCUT2D eigenvalue weighted by atomic mass is 16.5. The summed E-state index contributed by atoms with van der Waals surface area (Å²) in [5.41, 5.74) is 0.0897. The topological polar surface area (TPSA) is 77.8 Å². The molecule has 0 amide bonds. The average Bonchev–Trinajstić information content (AvgIpc) is 2.92. The molecule has 1 aromatic heterocycles. The molecule has 2 aromatic rings. The Morgan fingerprint density at radius 1 is 1.12 bits per heavy atom. The summed E-state index contributed by atoms with van der Waals surface area (Å²) in [5, 5.41) is 3.78. The van der Waals surface area contributed by atoms with E-state index in [1.54, 1.807) is 33.8 Å². The summed E-state index contributed by atoms with van der Waals surface area (Å²) in [6.07, 6.45) is 0. The second-order valence-corrected chi connectivity index (χ2v) is 5.82. The molecule has 0 aliphatic heterocycles. The molecule has 0 aliphatic rings. The zero-order valence-corrected chi connectivity index (χ0v) is 14.5. The van der Waals surface area contributed by atoms with E-state index in [9.17, 15) is 9.59 Å². The van der Waals surface area contributed by atoms with E-state index in [-0.39, 0.29) is 19.1 Å². The van der Waals surface area contributed by atoms with Gasteiger partial charge < -0.3 is 13.9 Å². The molecule has 6 nitrogen and oxygen atoms in total. The lowest BCUT2D eigenvalue weighted by Crippen LogP contribution is -2.47. The molecule has 1 aromatic carbocycles. The van der Waals surface area contributed by atoms with Crippen molar-refractivity contribution in [3.05, 3.63) is 35.6 Å². The molecule has 6 heteroatoms. The Balaban J connectivity index is 2.29. The third-order valence-electron chi connectivity index (χ3n) is 3.62. The SMILES string of the molecule is CCOC(=O)c1c(CNC(C)(C)C(=O)OCC)oc2ccccc12. The van der Waals surface area contributed by atoms with Gasteiger partial charge in [0.05, 0.1) is 19.8 Å². The molecule has 0 atom stereocenters. The molecule has 130 valence electrons. The summed E-state index contributed by atoms with van der Waals surface area (Å²) in [6.45, 7) is 7.74. The van der Waals surface area contributed by atoms with Crippen LogP contribution in [0, 0.1) is 0 Å². The van der Waals surface area contributed by atoms with Crippen LogP contribution in [0.15, 0.2) is 28.7 Å². The first-order chi connectivity index (χ1) is 11.4. The molecule has 0 saturated heterocycles. The third-order valence-corrected chi connectivity index (χ3v) is 3.62. The van der Waals surface area contributed by atoms with E-state index in [1.165, 1.54) is 0 Å². The van der Waals surface area contributed by atoms with Crippen molar-refractivity contribution in [3.8, 4) is 0 Å². The highest BCUT2D eigenvalue weighted by Gasteiger charge is 2.30. The number of nitrogens with one attached hydrogen (secondary N) is 1. The molecule has 0 spiro atoms. The maximum Gasteiger partial charge on any atom is 0.342 e. The van der Waals surface area contributed by atoms with Gasteiger partial charge in [-0.2, -0.15) is 0 Å².